The molecule has 0 aromatic heterocycles. The van der Waals surface area contributed by atoms with Gasteiger partial charge in [0.25, 0.3) is 0 Å². The second-order valence-corrected chi connectivity index (χ2v) is 3.63. The Hall–Kier alpha value is -1.90. The molecule has 0 amide bonds. The van der Waals surface area contributed by atoms with Crippen LogP contribution >= 0.6 is 0 Å². The number of hydrogen-bond acceptors (Lipinski definition) is 1. The summed E-state index contributed by atoms with van der Waals surface area (Å²) in [7, 11) is 0. The van der Waals surface area contributed by atoms with Gasteiger partial charge < -0.3 is 5.11 Å². The lowest BCUT2D eigenvalue weighted by Gasteiger charge is -1.96. The van der Waals surface area contributed by atoms with Crippen molar-refractivity contribution < 1.29 is 13.9 Å². The van der Waals surface area contributed by atoms with Gasteiger partial charge in [0.05, 0.1) is 0 Å². The number of aryl methyl sites for hydroxylation is 1. The first-order valence-electron chi connectivity index (χ1n) is 5.17. The molecule has 2 rings (SSSR count). The van der Waals surface area contributed by atoms with E-state index in [1.807, 2.05) is 6.07 Å². The van der Waals surface area contributed by atoms with Crippen LogP contribution in [-0.2, 0) is 0 Å². The first kappa shape index (κ1) is 13.2. The fourth-order valence-corrected chi connectivity index (χ4v) is 1.15. The van der Waals surface area contributed by atoms with Crippen molar-refractivity contribution in [3.05, 3.63) is 65.2 Å². The van der Waals surface area contributed by atoms with Crippen molar-refractivity contribution >= 4 is 0 Å². The van der Waals surface area contributed by atoms with E-state index in [4.69, 9.17) is 5.11 Å². The van der Waals surface area contributed by atoms with E-state index < -0.39 is 0 Å². The van der Waals surface area contributed by atoms with E-state index in [9.17, 15) is 8.78 Å². The van der Waals surface area contributed by atoms with E-state index in [0.717, 1.165) is 0 Å². The second-order valence-electron chi connectivity index (χ2n) is 3.63. The average molecular weight is 236 g/mol. The van der Waals surface area contributed by atoms with Crippen molar-refractivity contribution in [2.75, 3.05) is 0 Å². The smallest absolute Gasteiger partial charge is 0.129 e. The fraction of sp³-hybridized carbons (Fsp3) is 0.143. The molecule has 3 heteroatoms. The largest absolute Gasteiger partial charge is 0.508 e. The zero-order valence-corrected chi connectivity index (χ0v) is 9.74. The molecule has 2 aromatic carbocycles. The van der Waals surface area contributed by atoms with Crippen molar-refractivity contribution in [3.63, 3.8) is 0 Å². The third-order valence-corrected chi connectivity index (χ3v) is 2.32. The fourth-order valence-electron chi connectivity index (χ4n) is 1.15. The molecule has 1 nitrogen and oxygen atoms in total. The molecule has 1 N–H and O–H groups in total. The number of aromatic hydroxyl groups is 1. The molecule has 0 fully saturated rings. The lowest BCUT2D eigenvalue weighted by molar-refractivity contribution is 0.463. The Labute approximate surface area is 99.3 Å². The molecule has 90 valence electrons. The Balaban J connectivity index is 0.000000171. The summed E-state index contributed by atoms with van der Waals surface area (Å²) in [6.45, 7) is 3.28. The van der Waals surface area contributed by atoms with Gasteiger partial charge in [-0.25, -0.2) is 8.78 Å². The molecule has 0 saturated carbocycles. The van der Waals surface area contributed by atoms with Gasteiger partial charge in [-0.15, -0.1) is 0 Å². The third-order valence-electron chi connectivity index (χ3n) is 2.32. The summed E-state index contributed by atoms with van der Waals surface area (Å²) >= 11 is 0. The molecule has 2 aromatic rings. The van der Waals surface area contributed by atoms with Gasteiger partial charge in [-0.2, -0.15) is 0 Å². The van der Waals surface area contributed by atoms with Gasteiger partial charge in [-0.05, 0) is 37.6 Å². The standard InChI is InChI=1S/C7H7FO.C7H7F/c1-5-6(8)3-2-4-7(5)9;1-6-4-2-3-5-7(6)8/h2-4,9H,1H3;2-5H,1H3. The molecule has 0 aliphatic carbocycles. The molecule has 0 unspecified atom stereocenters. The summed E-state index contributed by atoms with van der Waals surface area (Å²) in [5, 5.41) is 8.86. The monoisotopic (exact) mass is 236 g/mol. The van der Waals surface area contributed by atoms with Crippen LogP contribution in [0, 0.1) is 25.5 Å². The highest BCUT2D eigenvalue weighted by atomic mass is 19.1. The number of phenols is 1. The SMILES string of the molecule is Cc1c(O)cccc1F.Cc1ccccc1F. The first-order chi connectivity index (χ1) is 8.02. The minimum absolute atomic E-state index is 0.00926. The predicted octanol–water partition coefficient (Wildman–Crippen LogP) is 3.97. The zero-order chi connectivity index (χ0) is 12.8. The van der Waals surface area contributed by atoms with Gasteiger partial charge in [0, 0.05) is 5.56 Å². The second kappa shape index (κ2) is 5.99. The lowest BCUT2D eigenvalue weighted by atomic mass is 10.2. The van der Waals surface area contributed by atoms with Crippen molar-refractivity contribution in [1.29, 1.82) is 0 Å². The normalized spacial score (nSPS) is 9.41. The van der Waals surface area contributed by atoms with E-state index in [1.165, 1.54) is 31.2 Å². The maximum absolute atomic E-state index is 12.4. The average Bonchev–Trinajstić information content (AvgIpc) is 2.31. The summed E-state index contributed by atoms with van der Waals surface area (Å²) < 4.78 is 24.7. The van der Waals surface area contributed by atoms with E-state index in [1.54, 1.807) is 19.1 Å². The summed E-state index contributed by atoms with van der Waals surface area (Å²) in [6, 6.07) is 10.9. The quantitative estimate of drug-likeness (QED) is 0.733. The molecule has 0 aliphatic rings. The number of rotatable bonds is 0. The number of hydrogen-bond donors (Lipinski definition) is 1. The highest BCUT2D eigenvalue weighted by molar-refractivity contribution is 5.31. The maximum Gasteiger partial charge on any atom is 0.129 e. The van der Waals surface area contributed by atoms with Crippen molar-refractivity contribution in [1.82, 2.24) is 0 Å². The van der Waals surface area contributed by atoms with E-state index >= 15 is 0 Å². The predicted molar refractivity (Wildman–Crippen MR) is 63.9 cm³/mol. The highest BCUT2D eigenvalue weighted by Gasteiger charge is 1.98. The Morgan fingerprint density at radius 1 is 0.824 bits per heavy atom. The molecule has 0 aliphatic heterocycles. The van der Waals surface area contributed by atoms with Crippen LogP contribution in [0.1, 0.15) is 11.1 Å². The van der Waals surface area contributed by atoms with Crippen LogP contribution in [0.15, 0.2) is 42.5 Å². The summed E-state index contributed by atoms with van der Waals surface area (Å²) in [6.07, 6.45) is 0. The van der Waals surface area contributed by atoms with Crippen LogP contribution in [0.3, 0.4) is 0 Å². The minimum atomic E-state index is -0.366. The van der Waals surface area contributed by atoms with E-state index in [0.29, 0.717) is 11.1 Å². The van der Waals surface area contributed by atoms with Crippen LogP contribution in [0.4, 0.5) is 8.78 Å². The van der Waals surface area contributed by atoms with E-state index in [-0.39, 0.29) is 17.4 Å². The Kier molecular flexibility index (Phi) is 4.64. The van der Waals surface area contributed by atoms with Crippen LogP contribution in [0.2, 0.25) is 0 Å². The molecule has 17 heavy (non-hydrogen) atoms. The topological polar surface area (TPSA) is 20.2 Å². The molecular weight excluding hydrogens is 222 g/mol. The summed E-state index contributed by atoms with van der Waals surface area (Å²) in [5.74, 6) is -0.488. The Morgan fingerprint density at radius 3 is 1.82 bits per heavy atom. The Morgan fingerprint density at radius 2 is 1.41 bits per heavy atom. The number of phenolic OH excluding ortho intramolecular Hbond substituents is 1. The van der Waals surface area contributed by atoms with Gasteiger partial charge in [-0.3, -0.25) is 0 Å². The highest BCUT2D eigenvalue weighted by Crippen LogP contribution is 2.17. The first-order valence-corrected chi connectivity index (χ1v) is 5.17. The summed E-state index contributed by atoms with van der Waals surface area (Å²) in [4.78, 5) is 0. The van der Waals surface area contributed by atoms with Crippen molar-refractivity contribution in [2.45, 2.75) is 13.8 Å². The van der Waals surface area contributed by atoms with Crippen molar-refractivity contribution in [3.8, 4) is 5.75 Å². The van der Waals surface area contributed by atoms with Crippen molar-refractivity contribution in [2.24, 2.45) is 0 Å². The molecule has 0 heterocycles. The van der Waals surface area contributed by atoms with Gasteiger partial charge in [0.15, 0.2) is 0 Å². The van der Waals surface area contributed by atoms with Crippen LogP contribution in [-0.4, -0.2) is 5.11 Å². The lowest BCUT2D eigenvalue weighted by Crippen LogP contribution is -1.79. The van der Waals surface area contributed by atoms with Crippen LogP contribution in [0.25, 0.3) is 0 Å². The summed E-state index contributed by atoms with van der Waals surface area (Å²) in [5.41, 5.74) is 1.00. The molecule has 0 atom stereocenters. The molecule has 0 spiro atoms. The third kappa shape index (κ3) is 3.87. The van der Waals surface area contributed by atoms with Gasteiger partial charge in [-0.1, -0.05) is 24.3 Å². The molecular formula is C14H14F2O. The zero-order valence-electron chi connectivity index (χ0n) is 9.74. The van der Waals surface area contributed by atoms with Gasteiger partial charge >= 0.3 is 0 Å². The number of benzene rings is 2. The van der Waals surface area contributed by atoms with Crippen LogP contribution < -0.4 is 0 Å². The van der Waals surface area contributed by atoms with Gasteiger partial charge in [0.2, 0.25) is 0 Å². The molecule has 0 saturated heterocycles. The Bertz CT molecular complexity index is 454. The van der Waals surface area contributed by atoms with Gasteiger partial charge in [0.1, 0.15) is 17.4 Å². The molecule has 0 radical (unpaired) electrons. The van der Waals surface area contributed by atoms with E-state index in [2.05, 4.69) is 0 Å². The minimum Gasteiger partial charge on any atom is -0.508 e. The maximum atomic E-state index is 12.4. The number of halogens is 2. The van der Waals surface area contributed by atoms with Crippen LogP contribution in [0.5, 0.6) is 5.75 Å². The molecule has 0 bridgehead atoms.